The van der Waals surface area contributed by atoms with Gasteiger partial charge in [-0.2, -0.15) is 0 Å². The lowest BCUT2D eigenvalue weighted by Crippen LogP contribution is -2.37. The van der Waals surface area contributed by atoms with E-state index >= 15 is 0 Å². The van der Waals surface area contributed by atoms with Gasteiger partial charge in [0.15, 0.2) is 0 Å². The molecule has 0 radical (unpaired) electrons. The smallest absolute Gasteiger partial charge is 0.258 e. The van der Waals surface area contributed by atoms with E-state index in [0.717, 1.165) is 17.1 Å². The summed E-state index contributed by atoms with van der Waals surface area (Å²) in [7, 11) is 3.87. The monoisotopic (exact) mass is 366 g/mol. The summed E-state index contributed by atoms with van der Waals surface area (Å²) in [5.41, 5.74) is 2.67. The fourth-order valence-corrected chi connectivity index (χ4v) is 3.18. The summed E-state index contributed by atoms with van der Waals surface area (Å²) in [4.78, 5) is 25.3. The molecule has 0 unspecified atom stereocenters. The van der Waals surface area contributed by atoms with Crippen molar-refractivity contribution in [2.24, 2.45) is 0 Å². The van der Waals surface area contributed by atoms with Gasteiger partial charge in [-0.25, -0.2) is 14.6 Å². The highest BCUT2D eigenvalue weighted by molar-refractivity contribution is 5.97. The second-order valence-electron chi connectivity index (χ2n) is 6.45. The van der Waals surface area contributed by atoms with E-state index in [4.69, 9.17) is 0 Å². The summed E-state index contributed by atoms with van der Waals surface area (Å²) < 4.78 is 1.43. The molecule has 1 aliphatic rings. The fraction of sp³-hybridized carbons (Fsp3) is 0.294. The molecule has 10 nitrogen and oxygen atoms in total. The van der Waals surface area contributed by atoms with Crippen LogP contribution in [0.3, 0.4) is 0 Å². The topological polar surface area (TPSA) is 113 Å². The summed E-state index contributed by atoms with van der Waals surface area (Å²) in [6.07, 6.45) is 3.60. The number of amides is 1. The quantitative estimate of drug-likeness (QED) is 0.710. The number of aromatic nitrogens is 6. The van der Waals surface area contributed by atoms with Crippen LogP contribution in [0.1, 0.15) is 21.6 Å². The number of hydrogen-bond acceptors (Lipinski definition) is 8. The molecular formula is C17H18N8O2. The maximum atomic E-state index is 13.0. The average Bonchev–Trinajstić information content (AvgIpc) is 3.21. The van der Waals surface area contributed by atoms with Crippen molar-refractivity contribution in [3.05, 3.63) is 47.7 Å². The molecule has 3 aromatic rings. The van der Waals surface area contributed by atoms with Gasteiger partial charge in [0.2, 0.25) is 0 Å². The first-order chi connectivity index (χ1) is 13.0. The van der Waals surface area contributed by atoms with Crippen LogP contribution in [0.4, 0.5) is 5.82 Å². The molecule has 138 valence electrons. The van der Waals surface area contributed by atoms with Gasteiger partial charge >= 0.3 is 0 Å². The Morgan fingerprint density at radius 2 is 2.11 bits per heavy atom. The lowest BCUT2D eigenvalue weighted by atomic mass is 10.0. The Morgan fingerprint density at radius 1 is 1.26 bits per heavy atom. The van der Waals surface area contributed by atoms with Gasteiger partial charge in [0.25, 0.3) is 5.91 Å². The molecule has 0 bridgehead atoms. The molecular weight excluding hydrogens is 348 g/mol. The van der Waals surface area contributed by atoms with Crippen LogP contribution >= 0.6 is 0 Å². The number of carbonyl (C=O) groups is 1. The minimum absolute atomic E-state index is 0.0840. The predicted molar refractivity (Wildman–Crippen MR) is 95.6 cm³/mol. The Kier molecular flexibility index (Phi) is 4.15. The van der Waals surface area contributed by atoms with Gasteiger partial charge < -0.3 is 14.9 Å². The molecule has 1 aromatic carbocycles. The van der Waals surface area contributed by atoms with Gasteiger partial charge in [-0.05, 0) is 35.0 Å². The zero-order chi connectivity index (χ0) is 19.0. The van der Waals surface area contributed by atoms with E-state index in [1.807, 2.05) is 19.0 Å². The number of nitrogens with zero attached hydrogens (tertiary/aromatic N) is 8. The van der Waals surface area contributed by atoms with Gasteiger partial charge in [0, 0.05) is 26.2 Å². The minimum Gasteiger partial charge on any atom is -0.507 e. The van der Waals surface area contributed by atoms with Crippen LogP contribution < -0.4 is 4.90 Å². The van der Waals surface area contributed by atoms with Crippen molar-refractivity contribution >= 4 is 11.7 Å². The van der Waals surface area contributed by atoms with Crippen LogP contribution in [0, 0.1) is 0 Å². The van der Waals surface area contributed by atoms with Crippen molar-refractivity contribution in [3.8, 4) is 11.4 Å². The van der Waals surface area contributed by atoms with Crippen LogP contribution in [0.2, 0.25) is 0 Å². The Bertz CT molecular complexity index is 987. The first-order valence-electron chi connectivity index (χ1n) is 8.40. The molecule has 10 heteroatoms. The number of aromatic hydroxyl groups is 1. The number of benzene rings is 1. The molecule has 1 amide bonds. The van der Waals surface area contributed by atoms with E-state index in [1.54, 1.807) is 17.0 Å². The van der Waals surface area contributed by atoms with Crippen LogP contribution in [0.5, 0.6) is 5.75 Å². The third-order valence-electron chi connectivity index (χ3n) is 4.52. The number of tetrazole rings is 1. The van der Waals surface area contributed by atoms with Crippen LogP contribution in [-0.2, 0) is 13.0 Å². The highest BCUT2D eigenvalue weighted by atomic mass is 16.3. The Morgan fingerprint density at radius 3 is 2.85 bits per heavy atom. The number of anilines is 1. The van der Waals surface area contributed by atoms with Crippen LogP contribution in [0.25, 0.3) is 5.69 Å². The summed E-state index contributed by atoms with van der Waals surface area (Å²) in [5, 5.41) is 21.2. The van der Waals surface area contributed by atoms with Gasteiger partial charge in [0.05, 0.1) is 23.5 Å². The molecule has 0 spiro atoms. The summed E-state index contributed by atoms with van der Waals surface area (Å²) in [6.45, 7) is 0.890. The van der Waals surface area contributed by atoms with E-state index in [0.29, 0.717) is 25.2 Å². The molecule has 2 aromatic heterocycles. The molecule has 0 saturated carbocycles. The molecule has 0 aliphatic carbocycles. The Labute approximate surface area is 155 Å². The SMILES string of the molecule is CN(C)c1ncnc2c1CCN(C(=O)c1cc(-n3cnnn3)ccc1O)C2. The molecule has 0 saturated heterocycles. The first kappa shape index (κ1) is 16.9. The standard InChI is InChI=1S/C17H18N8O2/c1-23(2)16-12-5-6-24(8-14(12)18-9-19-16)17(27)13-7-11(3-4-15(13)26)25-10-20-21-22-25/h3-4,7,9-10,26H,5-6,8H2,1-2H3. The molecule has 1 aliphatic heterocycles. The van der Waals surface area contributed by atoms with E-state index in [-0.39, 0.29) is 17.2 Å². The highest BCUT2D eigenvalue weighted by Gasteiger charge is 2.27. The summed E-state index contributed by atoms with van der Waals surface area (Å²) in [5.74, 6) is 0.521. The molecule has 4 rings (SSSR count). The van der Waals surface area contributed by atoms with Gasteiger partial charge in [-0.3, -0.25) is 4.79 Å². The van der Waals surface area contributed by atoms with E-state index in [9.17, 15) is 9.90 Å². The van der Waals surface area contributed by atoms with Crippen molar-refractivity contribution in [2.75, 3.05) is 25.5 Å². The van der Waals surface area contributed by atoms with Gasteiger partial charge in [-0.15, -0.1) is 5.10 Å². The lowest BCUT2D eigenvalue weighted by molar-refractivity contribution is 0.0728. The molecule has 27 heavy (non-hydrogen) atoms. The number of carbonyl (C=O) groups excluding carboxylic acids is 1. The number of fused-ring (bicyclic) bond motifs is 1. The first-order valence-corrected chi connectivity index (χ1v) is 8.40. The zero-order valence-corrected chi connectivity index (χ0v) is 14.9. The molecule has 3 heterocycles. The molecule has 0 atom stereocenters. The van der Waals surface area contributed by atoms with Gasteiger partial charge in [-0.1, -0.05) is 0 Å². The summed E-state index contributed by atoms with van der Waals surface area (Å²) in [6, 6.07) is 4.69. The Balaban J connectivity index is 1.63. The molecule has 1 N–H and O–H groups in total. The van der Waals surface area contributed by atoms with Crippen LogP contribution in [0.15, 0.2) is 30.9 Å². The Hall–Kier alpha value is -3.56. The predicted octanol–water partition coefficient (Wildman–Crippen LogP) is 0.422. The average molecular weight is 366 g/mol. The molecule has 0 fully saturated rings. The van der Waals surface area contributed by atoms with Crippen molar-refractivity contribution in [1.29, 1.82) is 0 Å². The third kappa shape index (κ3) is 3.05. The van der Waals surface area contributed by atoms with Crippen molar-refractivity contribution < 1.29 is 9.90 Å². The number of phenols is 1. The van der Waals surface area contributed by atoms with E-state index in [1.165, 1.54) is 23.4 Å². The van der Waals surface area contributed by atoms with Gasteiger partial charge in [0.1, 0.15) is 24.2 Å². The highest BCUT2D eigenvalue weighted by Crippen LogP contribution is 2.27. The number of phenolic OH excluding ortho intramolecular Hbond substituents is 1. The number of hydrogen-bond donors (Lipinski definition) is 1. The van der Waals surface area contributed by atoms with Crippen molar-refractivity contribution in [2.45, 2.75) is 13.0 Å². The van der Waals surface area contributed by atoms with E-state index in [2.05, 4.69) is 25.5 Å². The van der Waals surface area contributed by atoms with E-state index < -0.39 is 0 Å². The minimum atomic E-state index is -0.266. The zero-order valence-electron chi connectivity index (χ0n) is 14.9. The fourth-order valence-electron chi connectivity index (χ4n) is 3.18. The second-order valence-corrected chi connectivity index (χ2v) is 6.45. The third-order valence-corrected chi connectivity index (χ3v) is 4.52. The normalized spacial score (nSPS) is 13.3. The summed E-state index contributed by atoms with van der Waals surface area (Å²) >= 11 is 0. The lowest BCUT2D eigenvalue weighted by Gasteiger charge is -2.30. The second kappa shape index (κ2) is 6.63. The van der Waals surface area contributed by atoms with Crippen molar-refractivity contribution in [3.63, 3.8) is 0 Å². The largest absolute Gasteiger partial charge is 0.507 e. The number of rotatable bonds is 3. The van der Waals surface area contributed by atoms with Crippen molar-refractivity contribution in [1.82, 2.24) is 35.1 Å². The maximum absolute atomic E-state index is 13.0. The van der Waals surface area contributed by atoms with Crippen LogP contribution in [-0.4, -0.2) is 66.7 Å². The maximum Gasteiger partial charge on any atom is 0.258 e.